The second kappa shape index (κ2) is 6.35. The number of amides is 2. The molecule has 1 aromatic carbocycles. The summed E-state index contributed by atoms with van der Waals surface area (Å²) in [7, 11) is 0. The Morgan fingerprint density at radius 3 is 2.96 bits per heavy atom. The SMILES string of the molecule is O=C1NC2(CCc3ccccc31)CCN(C(=O)CCn1cccn1)C2. The van der Waals surface area contributed by atoms with Gasteiger partial charge in [0.25, 0.3) is 5.91 Å². The van der Waals surface area contributed by atoms with Gasteiger partial charge < -0.3 is 10.2 Å². The highest BCUT2D eigenvalue weighted by atomic mass is 16.2. The number of aryl methyl sites for hydroxylation is 2. The second-order valence-corrected chi connectivity index (χ2v) is 6.98. The minimum Gasteiger partial charge on any atom is -0.345 e. The Morgan fingerprint density at radius 2 is 2.12 bits per heavy atom. The van der Waals surface area contributed by atoms with E-state index in [1.54, 1.807) is 10.9 Å². The molecule has 130 valence electrons. The average Bonchev–Trinajstić information content (AvgIpc) is 3.26. The summed E-state index contributed by atoms with van der Waals surface area (Å²) in [5.41, 5.74) is 1.57. The van der Waals surface area contributed by atoms with Crippen molar-refractivity contribution in [1.82, 2.24) is 20.0 Å². The fourth-order valence-corrected chi connectivity index (χ4v) is 3.90. The van der Waals surface area contributed by atoms with Crippen molar-refractivity contribution in [3.05, 3.63) is 53.9 Å². The zero-order valence-corrected chi connectivity index (χ0v) is 14.1. The van der Waals surface area contributed by atoms with E-state index in [2.05, 4.69) is 10.4 Å². The lowest BCUT2D eigenvalue weighted by molar-refractivity contribution is -0.130. The zero-order valence-electron chi connectivity index (χ0n) is 14.1. The molecule has 25 heavy (non-hydrogen) atoms. The van der Waals surface area contributed by atoms with E-state index in [4.69, 9.17) is 0 Å². The van der Waals surface area contributed by atoms with E-state index in [-0.39, 0.29) is 17.4 Å². The van der Waals surface area contributed by atoms with Crippen LogP contribution >= 0.6 is 0 Å². The van der Waals surface area contributed by atoms with Crippen molar-refractivity contribution in [3.8, 4) is 0 Å². The standard InChI is InChI=1S/C19H22N4O2/c24-17(7-12-23-11-3-10-20-23)22-13-9-19(14-22)8-6-15-4-1-2-5-16(15)18(25)21-19/h1-5,10-11H,6-9,12-14H2,(H,21,25). The second-order valence-electron chi connectivity index (χ2n) is 6.98. The molecule has 2 aliphatic heterocycles. The van der Waals surface area contributed by atoms with Crippen molar-refractivity contribution in [2.24, 2.45) is 0 Å². The molecular weight excluding hydrogens is 316 g/mol. The van der Waals surface area contributed by atoms with Gasteiger partial charge in [-0.05, 0) is 37.0 Å². The van der Waals surface area contributed by atoms with Crippen LogP contribution in [0.5, 0.6) is 0 Å². The number of carbonyl (C=O) groups is 2. The topological polar surface area (TPSA) is 67.2 Å². The summed E-state index contributed by atoms with van der Waals surface area (Å²) >= 11 is 0. The summed E-state index contributed by atoms with van der Waals surface area (Å²) in [6, 6.07) is 9.63. The number of hydrogen-bond donors (Lipinski definition) is 1. The van der Waals surface area contributed by atoms with Crippen molar-refractivity contribution < 1.29 is 9.59 Å². The molecule has 1 spiro atoms. The number of fused-ring (bicyclic) bond motifs is 1. The van der Waals surface area contributed by atoms with Crippen LogP contribution in [0, 0.1) is 0 Å². The number of likely N-dealkylation sites (tertiary alicyclic amines) is 1. The molecule has 1 unspecified atom stereocenters. The molecule has 4 rings (SSSR count). The Morgan fingerprint density at radius 1 is 1.24 bits per heavy atom. The van der Waals surface area contributed by atoms with E-state index in [0.29, 0.717) is 26.1 Å². The molecular formula is C19H22N4O2. The first-order valence-electron chi connectivity index (χ1n) is 8.81. The lowest BCUT2D eigenvalue weighted by Crippen LogP contribution is -2.50. The van der Waals surface area contributed by atoms with Gasteiger partial charge >= 0.3 is 0 Å². The molecule has 1 saturated heterocycles. The Labute approximate surface area is 146 Å². The molecule has 6 nitrogen and oxygen atoms in total. The Kier molecular flexibility index (Phi) is 4.03. The Balaban J connectivity index is 1.41. The third-order valence-corrected chi connectivity index (χ3v) is 5.33. The molecule has 0 radical (unpaired) electrons. The van der Waals surface area contributed by atoms with Gasteiger partial charge in [-0.1, -0.05) is 18.2 Å². The van der Waals surface area contributed by atoms with Gasteiger partial charge in [-0.15, -0.1) is 0 Å². The predicted octanol–water partition coefficient (Wildman–Crippen LogP) is 1.62. The number of hydrogen-bond acceptors (Lipinski definition) is 3. The molecule has 0 saturated carbocycles. The van der Waals surface area contributed by atoms with Gasteiger partial charge in [0.05, 0.1) is 5.54 Å². The van der Waals surface area contributed by atoms with Crippen molar-refractivity contribution in [3.63, 3.8) is 0 Å². The Bertz CT molecular complexity index is 786. The van der Waals surface area contributed by atoms with Crippen LogP contribution in [-0.4, -0.2) is 45.1 Å². The Hall–Kier alpha value is -2.63. The number of aromatic nitrogens is 2. The van der Waals surface area contributed by atoms with E-state index in [1.165, 1.54) is 0 Å². The van der Waals surface area contributed by atoms with E-state index in [1.807, 2.05) is 41.4 Å². The van der Waals surface area contributed by atoms with Crippen LogP contribution in [0.15, 0.2) is 42.7 Å². The van der Waals surface area contributed by atoms with Gasteiger partial charge in [0.15, 0.2) is 0 Å². The van der Waals surface area contributed by atoms with Gasteiger partial charge in [-0.3, -0.25) is 14.3 Å². The molecule has 0 bridgehead atoms. The molecule has 2 aliphatic rings. The zero-order chi connectivity index (χ0) is 17.3. The lowest BCUT2D eigenvalue weighted by atomic mass is 9.91. The van der Waals surface area contributed by atoms with Gasteiger partial charge in [0.2, 0.25) is 5.91 Å². The monoisotopic (exact) mass is 338 g/mol. The molecule has 1 fully saturated rings. The molecule has 2 aromatic rings. The van der Waals surface area contributed by atoms with E-state index < -0.39 is 0 Å². The highest BCUT2D eigenvalue weighted by Crippen LogP contribution is 2.30. The fraction of sp³-hybridized carbons (Fsp3) is 0.421. The first-order valence-corrected chi connectivity index (χ1v) is 8.81. The first-order chi connectivity index (χ1) is 12.2. The largest absolute Gasteiger partial charge is 0.345 e. The van der Waals surface area contributed by atoms with Gasteiger partial charge in [0, 0.05) is 44.0 Å². The highest BCUT2D eigenvalue weighted by Gasteiger charge is 2.42. The molecule has 0 aliphatic carbocycles. The van der Waals surface area contributed by atoms with Crippen LogP contribution in [-0.2, 0) is 17.8 Å². The molecule has 1 atom stereocenters. The maximum absolute atomic E-state index is 12.6. The van der Waals surface area contributed by atoms with Crippen molar-refractivity contribution in [1.29, 1.82) is 0 Å². The van der Waals surface area contributed by atoms with E-state index >= 15 is 0 Å². The number of rotatable bonds is 3. The number of nitrogens with one attached hydrogen (secondary N) is 1. The summed E-state index contributed by atoms with van der Waals surface area (Å²) in [4.78, 5) is 27.0. The molecule has 1 N–H and O–H groups in total. The maximum Gasteiger partial charge on any atom is 0.252 e. The fourth-order valence-electron chi connectivity index (χ4n) is 3.90. The smallest absolute Gasteiger partial charge is 0.252 e. The summed E-state index contributed by atoms with van der Waals surface area (Å²) in [6.07, 6.45) is 6.57. The molecule has 1 aromatic heterocycles. The normalized spacial score (nSPS) is 22.6. The quantitative estimate of drug-likeness (QED) is 0.925. The van der Waals surface area contributed by atoms with Crippen LogP contribution < -0.4 is 5.32 Å². The van der Waals surface area contributed by atoms with Crippen LogP contribution in [0.1, 0.15) is 35.2 Å². The molecule has 2 amide bonds. The van der Waals surface area contributed by atoms with E-state index in [9.17, 15) is 9.59 Å². The van der Waals surface area contributed by atoms with Gasteiger partial charge in [-0.2, -0.15) is 5.10 Å². The van der Waals surface area contributed by atoms with E-state index in [0.717, 1.165) is 30.4 Å². The summed E-state index contributed by atoms with van der Waals surface area (Å²) in [6.45, 7) is 1.90. The first kappa shape index (κ1) is 15.9. The number of carbonyl (C=O) groups excluding carboxylic acids is 2. The van der Waals surface area contributed by atoms with Crippen LogP contribution in [0.4, 0.5) is 0 Å². The summed E-state index contributed by atoms with van der Waals surface area (Å²) in [5.74, 6) is 0.113. The van der Waals surface area contributed by atoms with Crippen LogP contribution in [0.25, 0.3) is 0 Å². The van der Waals surface area contributed by atoms with Crippen molar-refractivity contribution >= 4 is 11.8 Å². The average molecular weight is 338 g/mol. The molecule has 3 heterocycles. The summed E-state index contributed by atoms with van der Waals surface area (Å²) < 4.78 is 1.77. The maximum atomic E-state index is 12.6. The van der Waals surface area contributed by atoms with Crippen molar-refractivity contribution in [2.75, 3.05) is 13.1 Å². The van der Waals surface area contributed by atoms with Crippen LogP contribution in [0.3, 0.4) is 0 Å². The predicted molar refractivity (Wildman–Crippen MR) is 93.0 cm³/mol. The third kappa shape index (κ3) is 3.16. The van der Waals surface area contributed by atoms with Gasteiger partial charge in [-0.25, -0.2) is 0 Å². The minimum atomic E-state index is -0.294. The number of benzene rings is 1. The van der Waals surface area contributed by atoms with Crippen LogP contribution in [0.2, 0.25) is 0 Å². The number of nitrogens with zero attached hydrogens (tertiary/aromatic N) is 3. The highest BCUT2D eigenvalue weighted by molar-refractivity contribution is 5.96. The van der Waals surface area contributed by atoms with Crippen molar-refractivity contribution in [2.45, 2.75) is 37.8 Å². The lowest BCUT2D eigenvalue weighted by Gasteiger charge is -2.29. The van der Waals surface area contributed by atoms with Gasteiger partial charge in [0.1, 0.15) is 0 Å². The molecule has 6 heteroatoms. The minimum absolute atomic E-state index is 0.0149. The summed E-state index contributed by atoms with van der Waals surface area (Å²) in [5, 5.41) is 7.35. The third-order valence-electron chi connectivity index (χ3n) is 5.33.